The Kier molecular flexibility index (Phi) is 53.6. The van der Waals surface area contributed by atoms with Gasteiger partial charge in [-0.25, -0.2) is 4.79 Å². The van der Waals surface area contributed by atoms with Gasteiger partial charge in [0.05, 0.1) is 31.8 Å². The molecule has 0 unspecified atom stereocenters. The van der Waals surface area contributed by atoms with Crippen molar-refractivity contribution >= 4 is 130 Å². The summed E-state index contributed by atoms with van der Waals surface area (Å²) in [5.41, 5.74) is 44.4. The molecule has 0 aromatic heterocycles. The van der Waals surface area contributed by atoms with E-state index in [0.717, 1.165) is 11.8 Å². The van der Waals surface area contributed by atoms with Crippen molar-refractivity contribution in [3.63, 3.8) is 0 Å². The number of hydrogen-bond donors (Lipinski definition) is 36. The van der Waals surface area contributed by atoms with E-state index >= 15 is 0 Å². The molecular formula is C73H136N34O20. The fraction of sp³-hybridized carbons (Fsp3) is 0.699. The standard InChI is InChI=1S/C73H136N34O20/c1-36(94-50(110)33-76)55(113)92-34-51(111)95-37(2)56(114)93-35-52(112)96-38(3)58(116)105-53(40(5)108)67(125)107-32-16-24-49(107)66(124)104-44(19-11-27-87-69(77)78)59(117)97-39(4)57(115)98-45(20-12-28-88-70(79)80)62(120)101-47(22-14-30-90-72(83)84)64(122)102-46(21-13-29-89-71(81)82)63(121)100-42(17-7-9-25-74)60(118)99-43(18-8-10-26-75)61(119)103-48(23-15-31-91-73(85)86)65(123)106-54(41(6)109)68(126)127/h36-49,53-54,108-109H,7-35,74-76H2,1-6H3,(H,92,113)(H,93,114)(H,94,110)(H,95,111)(H,96,112)(H,97,117)(H,98,115)(H,99,118)(H,100,121)(H,101,120)(H,102,122)(H,103,119)(H,104,124)(H,105,116)(H,106,123)(H,126,127)(H4,77,78,87)(H4,79,80,88)(H4,81,82,89)(H4,83,84,90)(H4,85,86,91)/t36-,37-,38-,39-,40+,41+,42-,43-,44-,45-,46-,47-,48-,49-,53-,54-/m0/s1. The first-order valence-electron chi connectivity index (χ1n) is 41.7. The number of aliphatic hydroxyl groups excluding tert-OH is 2. The highest BCUT2D eigenvalue weighted by Crippen LogP contribution is 2.21. The minimum Gasteiger partial charge on any atom is -0.480 e. The van der Waals surface area contributed by atoms with Gasteiger partial charge in [0.15, 0.2) is 35.8 Å². The van der Waals surface area contributed by atoms with Gasteiger partial charge in [-0.3, -0.25) is 104 Å². The van der Waals surface area contributed by atoms with Crippen molar-refractivity contribution in [3.8, 4) is 0 Å². The first-order valence-corrected chi connectivity index (χ1v) is 41.7. The van der Waals surface area contributed by atoms with Crippen LogP contribution in [-0.2, 0) is 81.5 Å². The molecule has 0 saturated carbocycles. The average molecular weight is 1810 g/mol. The SMILES string of the molecule is C[C@H](NC(=O)CN)C(=O)NCC(=O)N[C@@H](C)C(=O)NCC(=O)N[C@@H](C)C(=O)N[C@H](C(=O)N1CCC[C@H]1C(=O)N[C@@H](CCCNC(=N)N)C(=O)N[C@@H](C)C(=O)N[C@@H](CCCNC(=N)N)C(=O)N[C@@H](CCCNC(=N)N)C(=O)N[C@@H](CCCNC(=N)N)C(=O)N[C@@H](CCCCN)C(=O)N[C@@H](CCCCN)C(=O)N[C@@H](CCCNC(=N)N)C(=O)N[C@H](C(=O)O)[C@@H](C)O)[C@@H](C)O. The van der Waals surface area contributed by atoms with Crippen LogP contribution in [0.15, 0.2) is 0 Å². The minimum absolute atomic E-state index is 0.000625. The van der Waals surface area contributed by atoms with Crippen LogP contribution in [0.1, 0.15) is 157 Å². The quantitative estimate of drug-likeness (QED) is 0.0153. The Labute approximate surface area is 734 Å². The highest BCUT2D eigenvalue weighted by molar-refractivity contribution is 6.01. The molecule has 0 aromatic rings. The number of carbonyl (C=O) groups is 17. The van der Waals surface area contributed by atoms with E-state index in [9.17, 15) is 96.8 Å². The van der Waals surface area contributed by atoms with Crippen LogP contribution in [0.4, 0.5) is 0 Å². The van der Waals surface area contributed by atoms with Gasteiger partial charge < -0.3 is 172 Å². The van der Waals surface area contributed by atoms with Crippen LogP contribution in [0, 0.1) is 27.0 Å². The van der Waals surface area contributed by atoms with Crippen LogP contribution >= 0.6 is 0 Å². The third kappa shape index (κ3) is 46.1. The summed E-state index contributed by atoms with van der Waals surface area (Å²) in [5.74, 6) is -18.5. The predicted octanol–water partition coefficient (Wildman–Crippen LogP) is -14.0. The topological polar surface area (TPSA) is 922 Å². The minimum atomic E-state index is -1.81. The van der Waals surface area contributed by atoms with Gasteiger partial charge in [-0.15, -0.1) is 0 Å². The zero-order valence-corrected chi connectivity index (χ0v) is 72.6. The second kappa shape index (κ2) is 60.7. The molecule has 0 bridgehead atoms. The van der Waals surface area contributed by atoms with Gasteiger partial charge >= 0.3 is 5.97 Å². The van der Waals surface area contributed by atoms with Crippen molar-refractivity contribution in [1.82, 2.24) is 111 Å². The maximum atomic E-state index is 14.9. The number of aliphatic carboxylic acids is 1. The van der Waals surface area contributed by atoms with Crippen molar-refractivity contribution in [2.24, 2.45) is 45.9 Å². The van der Waals surface area contributed by atoms with E-state index in [1.54, 1.807) is 0 Å². The first kappa shape index (κ1) is 112. The Morgan fingerprint density at radius 3 is 0.906 bits per heavy atom. The predicted molar refractivity (Wildman–Crippen MR) is 460 cm³/mol. The summed E-state index contributed by atoms with van der Waals surface area (Å²) in [6, 6.07) is -20.8. The van der Waals surface area contributed by atoms with Gasteiger partial charge in [-0.05, 0) is 170 Å². The Hall–Kier alpha value is -12.9. The second-order valence-corrected chi connectivity index (χ2v) is 30.1. The number of aliphatic hydroxyl groups is 2. The third-order valence-corrected chi connectivity index (χ3v) is 19.3. The maximum absolute atomic E-state index is 14.9. The summed E-state index contributed by atoms with van der Waals surface area (Å²) >= 11 is 0. The largest absolute Gasteiger partial charge is 0.480 e. The number of carbonyl (C=O) groups excluding carboxylic acids is 16. The van der Waals surface area contributed by atoms with Crippen molar-refractivity contribution in [2.75, 3.05) is 72.0 Å². The van der Waals surface area contributed by atoms with Gasteiger partial charge in [0.2, 0.25) is 94.5 Å². The van der Waals surface area contributed by atoms with Crippen LogP contribution in [0.2, 0.25) is 0 Å². The first-order chi connectivity index (χ1) is 59.8. The normalized spacial score (nSPS) is 15.6. The zero-order chi connectivity index (χ0) is 96.2. The summed E-state index contributed by atoms with van der Waals surface area (Å²) in [6.07, 6.45) is -3.13. The van der Waals surface area contributed by atoms with E-state index in [4.69, 9.17) is 72.9 Å². The number of unbranched alkanes of at least 4 members (excludes halogenated alkanes) is 2. The van der Waals surface area contributed by atoms with Crippen molar-refractivity contribution in [3.05, 3.63) is 0 Å². The molecule has 44 N–H and O–H groups in total. The molecule has 1 saturated heterocycles. The molecule has 54 heteroatoms. The van der Waals surface area contributed by atoms with Crippen LogP contribution in [0.25, 0.3) is 0 Å². The highest BCUT2D eigenvalue weighted by Gasteiger charge is 2.42. The molecule has 54 nitrogen and oxygen atoms in total. The number of nitrogens with zero attached hydrogens (tertiary/aromatic N) is 1. The average Bonchev–Trinajstić information content (AvgIpc) is 1.69. The molecule has 16 atom stereocenters. The lowest BCUT2D eigenvalue weighted by molar-refractivity contribution is -0.145. The number of rotatable bonds is 62. The maximum Gasteiger partial charge on any atom is 0.328 e. The fourth-order valence-electron chi connectivity index (χ4n) is 12.3. The molecule has 127 heavy (non-hydrogen) atoms. The Balaban J connectivity index is 3.69. The second-order valence-electron chi connectivity index (χ2n) is 30.1. The van der Waals surface area contributed by atoms with Crippen LogP contribution in [0.3, 0.4) is 0 Å². The van der Waals surface area contributed by atoms with E-state index in [1.165, 1.54) is 34.6 Å². The van der Waals surface area contributed by atoms with Crippen molar-refractivity contribution < 1.29 is 96.8 Å². The Morgan fingerprint density at radius 1 is 0.331 bits per heavy atom. The molecule has 0 aliphatic carbocycles. The van der Waals surface area contributed by atoms with Crippen molar-refractivity contribution in [1.29, 1.82) is 27.0 Å². The molecule has 718 valence electrons. The lowest BCUT2D eigenvalue weighted by Gasteiger charge is -2.31. The third-order valence-electron chi connectivity index (χ3n) is 19.3. The van der Waals surface area contributed by atoms with Crippen LogP contribution in [-0.4, -0.2) is 319 Å². The summed E-state index contributed by atoms with van der Waals surface area (Å²) in [6.45, 7) is 5.76. The van der Waals surface area contributed by atoms with Gasteiger partial charge in [0.25, 0.3) is 0 Å². The Morgan fingerprint density at radius 2 is 0.598 bits per heavy atom. The molecule has 0 radical (unpaired) electrons. The number of guanidine groups is 5. The van der Waals surface area contributed by atoms with Gasteiger partial charge in [0.1, 0.15) is 78.5 Å². The zero-order valence-electron chi connectivity index (χ0n) is 72.6. The summed E-state index contributed by atoms with van der Waals surface area (Å²) < 4.78 is 0. The number of nitrogens with one attached hydrogen (secondary N) is 25. The summed E-state index contributed by atoms with van der Waals surface area (Å²) in [4.78, 5) is 233. The molecular weight excluding hydrogens is 1670 g/mol. The van der Waals surface area contributed by atoms with Gasteiger partial charge in [-0.2, -0.15) is 0 Å². The number of nitrogens with two attached hydrogens (primary N) is 8. The van der Waals surface area contributed by atoms with E-state index in [2.05, 4.69) is 106 Å². The molecule has 1 fully saturated rings. The summed E-state index contributed by atoms with van der Waals surface area (Å²) in [5, 5.41) is 119. The number of hydrogen-bond acceptors (Lipinski definition) is 27. The molecule has 0 aromatic carbocycles. The number of carboxylic acid groups (broad SMARTS) is 1. The van der Waals surface area contributed by atoms with Crippen LogP contribution in [0.5, 0.6) is 0 Å². The lowest BCUT2D eigenvalue weighted by atomic mass is 10.0. The number of likely N-dealkylation sites (tertiary alicyclic amines) is 1. The highest BCUT2D eigenvalue weighted by atomic mass is 16.4. The lowest BCUT2D eigenvalue weighted by Crippen LogP contribution is -2.61. The molecule has 1 aliphatic heterocycles. The van der Waals surface area contributed by atoms with Gasteiger partial charge in [-0.1, -0.05) is 0 Å². The molecule has 1 aliphatic rings. The molecule has 1 rings (SSSR count). The molecule has 16 amide bonds. The molecule has 0 spiro atoms. The van der Waals surface area contributed by atoms with E-state index in [1.807, 2.05) is 0 Å². The smallest absolute Gasteiger partial charge is 0.328 e. The van der Waals surface area contributed by atoms with Gasteiger partial charge in [0, 0.05) is 39.3 Å². The van der Waals surface area contributed by atoms with E-state index < -0.39 is 240 Å². The van der Waals surface area contributed by atoms with E-state index in [-0.39, 0.29) is 162 Å². The molecule has 1 heterocycles. The monoisotopic (exact) mass is 1810 g/mol. The number of carboxylic acids is 1. The van der Waals surface area contributed by atoms with E-state index in [0.29, 0.717) is 12.8 Å². The summed E-state index contributed by atoms with van der Waals surface area (Å²) in [7, 11) is 0. The van der Waals surface area contributed by atoms with Crippen molar-refractivity contribution in [2.45, 2.75) is 254 Å². The van der Waals surface area contributed by atoms with Crippen LogP contribution < -0.4 is 152 Å². The fourth-order valence-corrected chi connectivity index (χ4v) is 12.3. The Bertz CT molecular complexity index is 3730. The number of amides is 16.